The summed E-state index contributed by atoms with van der Waals surface area (Å²) in [6, 6.07) is 17.0. The first kappa shape index (κ1) is 19.4. The Morgan fingerprint density at radius 3 is 2.68 bits per heavy atom. The van der Waals surface area contributed by atoms with Crippen molar-refractivity contribution in [3.05, 3.63) is 72.1 Å². The summed E-state index contributed by atoms with van der Waals surface area (Å²) < 4.78 is 5.57. The fraction of sp³-hybridized carbons (Fsp3) is 0.227. The maximum absolute atomic E-state index is 12.7. The van der Waals surface area contributed by atoms with E-state index >= 15 is 0 Å². The highest BCUT2D eigenvalue weighted by Crippen LogP contribution is 2.25. The largest absolute Gasteiger partial charge is 0.492 e. The minimum absolute atomic E-state index is 0.294. The summed E-state index contributed by atoms with van der Waals surface area (Å²) in [5.41, 5.74) is 3.04. The van der Waals surface area contributed by atoms with Crippen LogP contribution in [-0.2, 0) is 0 Å². The monoisotopic (exact) mass is 376 g/mol. The van der Waals surface area contributed by atoms with Gasteiger partial charge in [0.25, 0.3) is 5.91 Å². The van der Waals surface area contributed by atoms with Gasteiger partial charge in [0.1, 0.15) is 11.4 Å². The van der Waals surface area contributed by atoms with Crippen LogP contribution in [0, 0.1) is 6.92 Å². The lowest BCUT2D eigenvalue weighted by Gasteiger charge is -2.21. The van der Waals surface area contributed by atoms with Gasteiger partial charge in [0.05, 0.1) is 12.3 Å². The molecule has 0 saturated heterocycles. The van der Waals surface area contributed by atoms with E-state index in [1.54, 1.807) is 18.3 Å². The number of hydrogen-bond donors (Lipinski definition) is 1. The quantitative estimate of drug-likeness (QED) is 0.653. The Morgan fingerprint density at radius 2 is 1.93 bits per heavy atom. The van der Waals surface area contributed by atoms with Crippen LogP contribution in [0.25, 0.3) is 0 Å². The summed E-state index contributed by atoms with van der Waals surface area (Å²) in [4.78, 5) is 23.6. The van der Waals surface area contributed by atoms with E-state index < -0.39 is 0 Å². The number of aryl methyl sites for hydroxylation is 1. The Bertz CT molecular complexity index is 959. The van der Waals surface area contributed by atoms with Crippen molar-refractivity contribution in [1.29, 1.82) is 0 Å². The lowest BCUT2D eigenvalue weighted by molar-refractivity contribution is 0.102. The van der Waals surface area contributed by atoms with Gasteiger partial charge >= 0.3 is 0 Å². The molecule has 3 rings (SSSR count). The second-order valence-corrected chi connectivity index (χ2v) is 6.21. The molecular weight excluding hydrogens is 352 g/mol. The lowest BCUT2D eigenvalue weighted by atomic mass is 10.2. The highest BCUT2D eigenvalue weighted by Gasteiger charge is 2.15. The third-order valence-corrected chi connectivity index (χ3v) is 4.18. The molecule has 0 saturated carbocycles. The van der Waals surface area contributed by atoms with Gasteiger partial charge in [0.15, 0.2) is 0 Å². The van der Waals surface area contributed by atoms with E-state index in [0.717, 1.165) is 11.3 Å². The van der Waals surface area contributed by atoms with Crippen molar-refractivity contribution in [3.63, 3.8) is 0 Å². The van der Waals surface area contributed by atoms with Crippen molar-refractivity contribution < 1.29 is 9.53 Å². The molecular formula is C22H24N4O2. The van der Waals surface area contributed by atoms with Crippen LogP contribution in [0.3, 0.4) is 0 Å². The van der Waals surface area contributed by atoms with Gasteiger partial charge in [0, 0.05) is 18.4 Å². The number of benzene rings is 2. The van der Waals surface area contributed by atoms with Crippen LogP contribution in [0.5, 0.6) is 5.75 Å². The number of aromatic nitrogens is 2. The summed E-state index contributed by atoms with van der Waals surface area (Å²) in [5, 5.41) is 2.87. The van der Waals surface area contributed by atoms with E-state index in [2.05, 4.69) is 21.4 Å². The van der Waals surface area contributed by atoms with Crippen LogP contribution in [0.4, 0.5) is 17.3 Å². The number of anilines is 3. The highest BCUT2D eigenvalue weighted by molar-refractivity contribution is 6.03. The molecule has 0 aliphatic rings. The molecule has 0 bridgehead atoms. The molecule has 2 aromatic carbocycles. The zero-order chi connectivity index (χ0) is 19.9. The molecule has 0 aliphatic heterocycles. The second kappa shape index (κ2) is 8.99. The first-order valence-electron chi connectivity index (χ1n) is 9.32. The number of carbonyl (C=O) groups excluding carboxylic acids is 1. The van der Waals surface area contributed by atoms with E-state index in [4.69, 9.17) is 4.74 Å². The van der Waals surface area contributed by atoms with Crippen molar-refractivity contribution >= 4 is 23.2 Å². The number of ether oxygens (including phenoxy) is 1. The fourth-order valence-corrected chi connectivity index (χ4v) is 2.88. The maximum atomic E-state index is 12.7. The van der Waals surface area contributed by atoms with Crippen molar-refractivity contribution in [1.82, 2.24) is 9.97 Å². The zero-order valence-electron chi connectivity index (χ0n) is 16.3. The van der Waals surface area contributed by atoms with Crippen LogP contribution in [0.15, 0.2) is 60.8 Å². The number of amides is 1. The number of nitrogens with zero attached hydrogens (tertiary/aromatic N) is 3. The lowest BCUT2D eigenvalue weighted by Crippen LogP contribution is -2.21. The van der Waals surface area contributed by atoms with Crippen LogP contribution < -0.4 is 15.0 Å². The molecule has 0 fully saturated rings. The number of hydrogen-bond acceptors (Lipinski definition) is 5. The average molecular weight is 376 g/mol. The predicted molar refractivity (Wildman–Crippen MR) is 111 cm³/mol. The molecule has 1 amide bonds. The molecule has 1 heterocycles. The normalized spacial score (nSPS) is 10.4. The van der Waals surface area contributed by atoms with Crippen LogP contribution in [-0.4, -0.2) is 29.0 Å². The SMILES string of the molecule is CCOc1ccccc1NC(=O)c1ccnc(N(CC)c2cccc(C)c2)n1. The second-order valence-electron chi connectivity index (χ2n) is 6.21. The van der Waals surface area contributed by atoms with Crippen LogP contribution in [0.2, 0.25) is 0 Å². The molecule has 6 heteroatoms. The van der Waals surface area contributed by atoms with E-state index in [1.165, 1.54) is 0 Å². The number of rotatable bonds is 7. The Hall–Kier alpha value is -3.41. The molecule has 0 spiro atoms. The number of nitrogens with one attached hydrogen (secondary N) is 1. The van der Waals surface area contributed by atoms with Crippen LogP contribution >= 0.6 is 0 Å². The third kappa shape index (κ3) is 4.46. The average Bonchev–Trinajstić information content (AvgIpc) is 2.70. The van der Waals surface area contributed by atoms with Crippen molar-refractivity contribution in [2.24, 2.45) is 0 Å². The molecule has 1 aromatic heterocycles. The minimum atomic E-state index is -0.309. The zero-order valence-corrected chi connectivity index (χ0v) is 16.3. The van der Waals surface area contributed by atoms with Gasteiger partial charge in [-0.1, -0.05) is 24.3 Å². The van der Waals surface area contributed by atoms with E-state index in [-0.39, 0.29) is 5.91 Å². The molecule has 28 heavy (non-hydrogen) atoms. The minimum Gasteiger partial charge on any atom is -0.492 e. The third-order valence-electron chi connectivity index (χ3n) is 4.18. The van der Waals surface area contributed by atoms with E-state index in [9.17, 15) is 4.79 Å². The van der Waals surface area contributed by atoms with Gasteiger partial charge < -0.3 is 15.0 Å². The highest BCUT2D eigenvalue weighted by atomic mass is 16.5. The molecule has 0 unspecified atom stereocenters. The van der Waals surface area contributed by atoms with Crippen LogP contribution in [0.1, 0.15) is 29.9 Å². The number of para-hydroxylation sites is 2. The maximum Gasteiger partial charge on any atom is 0.274 e. The number of carbonyl (C=O) groups is 1. The van der Waals surface area contributed by atoms with Crippen molar-refractivity contribution in [2.45, 2.75) is 20.8 Å². The molecule has 0 atom stereocenters. The Kier molecular flexibility index (Phi) is 6.22. The molecule has 0 radical (unpaired) electrons. The summed E-state index contributed by atoms with van der Waals surface area (Å²) in [6.07, 6.45) is 1.60. The van der Waals surface area contributed by atoms with Gasteiger partial charge in [-0.05, 0) is 56.7 Å². The first-order chi connectivity index (χ1) is 13.6. The Balaban J connectivity index is 1.85. The molecule has 1 N–H and O–H groups in total. The summed E-state index contributed by atoms with van der Waals surface area (Å²) in [6.45, 7) is 7.17. The topological polar surface area (TPSA) is 67.3 Å². The van der Waals surface area contributed by atoms with Crippen molar-refractivity contribution in [3.8, 4) is 5.75 Å². The summed E-state index contributed by atoms with van der Waals surface area (Å²) >= 11 is 0. The van der Waals surface area contributed by atoms with Crippen molar-refractivity contribution in [2.75, 3.05) is 23.4 Å². The Labute approximate surface area is 165 Å². The predicted octanol–water partition coefficient (Wildman–Crippen LogP) is 4.59. The van der Waals surface area contributed by atoms with Gasteiger partial charge in [-0.15, -0.1) is 0 Å². The van der Waals surface area contributed by atoms with Gasteiger partial charge in [-0.2, -0.15) is 0 Å². The Morgan fingerprint density at radius 1 is 1.11 bits per heavy atom. The summed E-state index contributed by atoms with van der Waals surface area (Å²) in [7, 11) is 0. The smallest absolute Gasteiger partial charge is 0.274 e. The van der Waals surface area contributed by atoms with E-state index in [0.29, 0.717) is 36.2 Å². The first-order valence-corrected chi connectivity index (χ1v) is 9.32. The summed E-state index contributed by atoms with van der Waals surface area (Å²) in [5.74, 6) is 0.803. The van der Waals surface area contributed by atoms with Gasteiger partial charge in [0.2, 0.25) is 5.95 Å². The van der Waals surface area contributed by atoms with Gasteiger partial charge in [-0.25, -0.2) is 9.97 Å². The molecule has 144 valence electrons. The fourth-order valence-electron chi connectivity index (χ4n) is 2.88. The molecule has 6 nitrogen and oxygen atoms in total. The molecule has 0 aliphatic carbocycles. The standard InChI is InChI=1S/C22H24N4O2/c1-4-26(17-10-8-9-16(3)15-17)22-23-14-13-19(25-22)21(27)24-18-11-6-7-12-20(18)28-5-2/h6-15H,4-5H2,1-3H3,(H,24,27). The van der Waals surface area contributed by atoms with Gasteiger partial charge in [-0.3, -0.25) is 4.79 Å². The molecule has 3 aromatic rings. The van der Waals surface area contributed by atoms with E-state index in [1.807, 2.05) is 62.1 Å².